The van der Waals surface area contributed by atoms with Gasteiger partial charge in [0.15, 0.2) is 0 Å². The third kappa shape index (κ3) is 2.69. The Balaban J connectivity index is 1.77. The summed E-state index contributed by atoms with van der Waals surface area (Å²) in [6.45, 7) is 10.3. The molecule has 2 rings (SSSR count). The van der Waals surface area contributed by atoms with E-state index in [0.29, 0.717) is 0 Å². The Bertz CT molecular complexity index is 167. The molecule has 3 heteroatoms. The molecule has 0 aromatic heterocycles. The molecule has 0 aromatic carbocycles. The van der Waals surface area contributed by atoms with E-state index < -0.39 is 0 Å². The monoisotopic (exact) mass is 198 g/mol. The number of rotatable bonds is 2. The van der Waals surface area contributed by atoms with E-state index in [9.17, 15) is 0 Å². The minimum Gasteiger partial charge on any atom is -0.380 e. The molecule has 14 heavy (non-hydrogen) atoms. The summed E-state index contributed by atoms with van der Waals surface area (Å²) in [7, 11) is 0. The first-order valence-corrected chi connectivity index (χ1v) is 5.87. The largest absolute Gasteiger partial charge is 0.380 e. The molecule has 0 radical (unpaired) electrons. The van der Waals surface area contributed by atoms with Gasteiger partial charge in [0.25, 0.3) is 0 Å². The van der Waals surface area contributed by atoms with Crippen molar-refractivity contribution in [3.63, 3.8) is 0 Å². The minimum atomic E-state index is 0.846. The van der Waals surface area contributed by atoms with Gasteiger partial charge in [-0.1, -0.05) is 6.92 Å². The maximum absolute atomic E-state index is 5.46. The van der Waals surface area contributed by atoms with Gasteiger partial charge >= 0.3 is 0 Å². The number of ether oxygens (including phenoxy) is 1. The quantitative estimate of drug-likeness (QED) is 0.702. The van der Waals surface area contributed by atoms with Crippen molar-refractivity contribution in [2.45, 2.75) is 13.3 Å². The number of hydrogen-bond acceptors (Lipinski definition) is 3. The van der Waals surface area contributed by atoms with Gasteiger partial charge in [-0.15, -0.1) is 0 Å². The zero-order valence-electron chi connectivity index (χ0n) is 9.17. The third-order valence-corrected chi connectivity index (χ3v) is 3.49. The van der Waals surface area contributed by atoms with Crippen LogP contribution in [0, 0.1) is 11.8 Å². The molecule has 2 atom stereocenters. The first-order valence-electron chi connectivity index (χ1n) is 5.87. The van der Waals surface area contributed by atoms with E-state index in [0.717, 1.165) is 31.6 Å². The molecular weight excluding hydrogens is 176 g/mol. The van der Waals surface area contributed by atoms with Crippen molar-refractivity contribution >= 4 is 0 Å². The summed E-state index contributed by atoms with van der Waals surface area (Å²) in [6, 6.07) is 0. The Morgan fingerprint density at radius 1 is 1.29 bits per heavy atom. The van der Waals surface area contributed by atoms with Crippen molar-refractivity contribution in [2.75, 3.05) is 45.9 Å². The van der Waals surface area contributed by atoms with Crippen LogP contribution >= 0.6 is 0 Å². The molecule has 2 saturated heterocycles. The molecular formula is C11H22N2O. The van der Waals surface area contributed by atoms with Crippen LogP contribution in [-0.4, -0.2) is 50.8 Å². The second kappa shape index (κ2) is 5.10. The fourth-order valence-corrected chi connectivity index (χ4v) is 2.42. The van der Waals surface area contributed by atoms with Crippen LogP contribution < -0.4 is 5.32 Å². The number of nitrogens with zero attached hydrogens (tertiary/aromatic N) is 1. The van der Waals surface area contributed by atoms with Gasteiger partial charge < -0.3 is 15.0 Å². The van der Waals surface area contributed by atoms with Crippen LogP contribution in [0.4, 0.5) is 0 Å². The Morgan fingerprint density at radius 2 is 2.21 bits per heavy atom. The summed E-state index contributed by atoms with van der Waals surface area (Å²) < 4.78 is 5.46. The molecule has 0 aromatic rings. The summed E-state index contributed by atoms with van der Waals surface area (Å²) in [5, 5.41) is 3.47. The summed E-state index contributed by atoms with van der Waals surface area (Å²) in [4.78, 5) is 2.57. The maximum Gasteiger partial charge on any atom is 0.0593 e. The molecule has 0 saturated carbocycles. The van der Waals surface area contributed by atoms with E-state index in [1.807, 2.05) is 0 Å². The molecule has 2 aliphatic rings. The van der Waals surface area contributed by atoms with Gasteiger partial charge in [-0.25, -0.2) is 0 Å². The second-order valence-corrected chi connectivity index (χ2v) is 4.66. The van der Waals surface area contributed by atoms with Crippen LogP contribution in [0.3, 0.4) is 0 Å². The van der Waals surface area contributed by atoms with Crippen LogP contribution in [0.1, 0.15) is 13.3 Å². The van der Waals surface area contributed by atoms with Gasteiger partial charge in [-0.2, -0.15) is 0 Å². The SMILES string of the molecule is CC1CNCC1CN1CCCOCC1. The molecule has 0 amide bonds. The topological polar surface area (TPSA) is 24.5 Å². The van der Waals surface area contributed by atoms with Gasteiger partial charge in [-0.3, -0.25) is 0 Å². The van der Waals surface area contributed by atoms with Crippen LogP contribution in [-0.2, 0) is 4.74 Å². The van der Waals surface area contributed by atoms with E-state index in [2.05, 4.69) is 17.1 Å². The summed E-state index contributed by atoms with van der Waals surface area (Å²) in [5.74, 6) is 1.70. The highest BCUT2D eigenvalue weighted by Crippen LogP contribution is 2.17. The van der Waals surface area contributed by atoms with Crippen molar-refractivity contribution in [2.24, 2.45) is 11.8 Å². The standard InChI is InChI=1S/C11H22N2O/c1-10-7-12-8-11(10)9-13-3-2-5-14-6-4-13/h10-12H,2-9H2,1H3. The van der Waals surface area contributed by atoms with E-state index in [-0.39, 0.29) is 0 Å². The zero-order valence-corrected chi connectivity index (χ0v) is 9.17. The first kappa shape index (κ1) is 10.4. The van der Waals surface area contributed by atoms with Crippen LogP contribution in [0.2, 0.25) is 0 Å². The van der Waals surface area contributed by atoms with Crippen LogP contribution in [0.25, 0.3) is 0 Å². The van der Waals surface area contributed by atoms with Gasteiger partial charge in [-0.05, 0) is 31.3 Å². The molecule has 2 fully saturated rings. The van der Waals surface area contributed by atoms with E-state index in [4.69, 9.17) is 4.74 Å². The van der Waals surface area contributed by atoms with Gasteiger partial charge in [0.1, 0.15) is 0 Å². The highest BCUT2D eigenvalue weighted by Gasteiger charge is 2.25. The minimum absolute atomic E-state index is 0.846. The summed E-state index contributed by atoms with van der Waals surface area (Å²) >= 11 is 0. The third-order valence-electron chi connectivity index (χ3n) is 3.49. The predicted molar refractivity (Wildman–Crippen MR) is 57.4 cm³/mol. The van der Waals surface area contributed by atoms with Crippen LogP contribution in [0.5, 0.6) is 0 Å². The van der Waals surface area contributed by atoms with E-state index in [1.54, 1.807) is 0 Å². The number of nitrogens with one attached hydrogen (secondary N) is 1. The van der Waals surface area contributed by atoms with E-state index in [1.165, 1.54) is 32.6 Å². The molecule has 0 bridgehead atoms. The van der Waals surface area contributed by atoms with Crippen molar-refractivity contribution in [3.05, 3.63) is 0 Å². The van der Waals surface area contributed by atoms with Gasteiger partial charge in [0, 0.05) is 26.2 Å². The number of hydrogen-bond donors (Lipinski definition) is 1. The predicted octanol–water partition coefficient (Wildman–Crippen LogP) is 0.564. The van der Waals surface area contributed by atoms with Crippen molar-refractivity contribution in [1.29, 1.82) is 0 Å². The first-order chi connectivity index (χ1) is 6.86. The lowest BCUT2D eigenvalue weighted by atomic mass is 9.97. The lowest BCUT2D eigenvalue weighted by Crippen LogP contribution is -2.34. The van der Waals surface area contributed by atoms with Crippen molar-refractivity contribution in [1.82, 2.24) is 10.2 Å². The highest BCUT2D eigenvalue weighted by atomic mass is 16.5. The molecule has 1 N–H and O–H groups in total. The lowest BCUT2D eigenvalue weighted by Gasteiger charge is -2.24. The Hall–Kier alpha value is -0.120. The Morgan fingerprint density at radius 3 is 3.00 bits per heavy atom. The lowest BCUT2D eigenvalue weighted by molar-refractivity contribution is 0.137. The van der Waals surface area contributed by atoms with Gasteiger partial charge in [0.05, 0.1) is 6.61 Å². The van der Waals surface area contributed by atoms with E-state index >= 15 is 0 Å². The van der Waals surface area contributed by atoms with Crippen molar-refractivity contribution in [3.8, 4) is 0 Å². The molecule has 3 nitrogen and oxygen atoms in total. The smallest absolute Gasteiger partial charge is 0.0593 e. The van der Waals surface area contributed by atoms with Crippen LogP contribution in [0.15, 0.2) is 0 Å². The molecule has 2 unspecified atom stereocenters. The Kier molecular flexibility index (Phi) is 3.79. The highest BCUT2D eigenvalue weighted by molar-refractivity contribution is 4.80. The zero-order chi connectivity index (χ0) is 9.80. The fraction of sp³-hybridized carbons (Fsp3) is 1.00. The van der Waals surface area contributed by atoms with Gasteiger partial charge in [0.2, 0.25) is 0 Å². The summed E-state index contributed by atoms with van der Waals surface area (Å²) in [5.41, 5.74) is 0. The molecule has 82 valence electrons. The second-order valence-electron chi connectivity index (χ2n) is 4.66. The average Bonchev–Trinajstić information content (AvgIpc) is 2.44. The molecule has 2 heterocycles. The molecule has 0 spiro atoms. The maximum atomic E-state index is 5.46. The molecule has 2 aliphatic heterocycles. The Labute approximate surface area is 86.8 Å². The average molecular weight is 198 g/mol. The molecule has 0 aliphatic carbocycles. The normalized spacial score (nSPS) is 35.8. The summed E-state index contributed by atoms with van der Waals surface area (Å²) in [6.07, 6.45) is 1.20. The fourth-order valence-electron chi connectivity index (χ4n) is 2.42. The van der Waals surface area contributed by atoms with Crippen molar-refractivity contribution < 1.29 is 4.74 Å².